The van der Waals surface area contributed by atoms with Crippen LogP contribution < -0.4 is 4.90 Å². The summed E-state index contributed by atoms with van der Waals surface area (Å²) < 4.78 is 11.4. The van der Waals surface area contributed by atoms with Gasteiger partial charge >= 0.3 is 6.09 Å². The van der Waals surface area contributed by atoms with E-state index in [4.69, 9.17) is 9.15 Å². The monoisotopic (exact) mass is 330 g/mol. The third-order valence-electron chi connectivity index (χ3n) is 5.42. The summed E-state index contributed by atoms with van der Waals surface area (Å²) >= 11 is 1.57. The third-order valence-corrected chi connectivity index (χ3v) is 6.37. The number of furan rings is 1. The van der Waals surface area contributed by atoms with Crippen LogP contribution in [0.2, 0.25) is 0 Å². The first-order chi connectivity index (χ1) is 11.2. The van der Waals surface area contributed by atoms with Crippen LogP contribution in [0.5, 0.6) is 0 Å². The van der Waals surface area contributed by atoms with Crippen molar-refractivity contribution >= 4 is 22.4 Å². The van der Waals surface area contributed by atoms with Gasteiger partial charge in [-0.2, -0.15) is 0 Å². The highest BCUT2D eigenvalue weighted by Crippen LogP contribution is 2.44. The van der Waals surface area contributed by atoms with Gasteiger partial charge in [0.25, 0.3) is 0 Å². The van der Waals surface area contributed by atoms with Crippen LogP contribution in [0.15, 0.2) is 34.3 Å². The van der Waals surface area contributed by atoms with Crippen LogP contribution in [0.4, 0.5) is 9.80 Å². The van der Waals surface area contributed by atoms with Gasteiger partial charge in [0, 0.05) is 23.4 Å². The fourth-order valence-corrected chi connectivity index (χ4v) is 5.11. The van der Waals surface area contributed by atoms with E-state index in [1.807, 2.05) is 23.6 Å². The number of ether oxygens (including phenoxy) is 1. The summed E-state index contributed by atoms with van der Waals surface area (Å²) in [4.78, 5) is 16.7. The van der Waals surface area contributed by atoms with Crippen LogP contribution in [-0.2, 0) is 4.74 Å². The molecule has 4 fully saturated rings. The largest absolute Gasteiger partial charge is 0.464 e. The Hall–Kier alpha value is -1.79. The molecule has 23 heavy (non-hydrogen) atoms. The molecule has 4 saturated heterocycles. The number of fused-ring (bicyclic) bond motifs is 2. The van der Waals surface area contributed by atoms with E-state index in [0.29, 0.717) is 12.5 Å². The Balaban J connectivity index is 1.43. The highest BCUT2D eigenvalue weighted by atomic mass is 32.1. The van der Waals surface area contributed by atoms with E-state index in [9.17, 15) is 4.79 Å². The molecular formula is C17H18N2O3S. The molecule has 4 aliphatic heterocycles. The molecule has 6 heteroatoms. The minimum absolute atomic E-state index is 0.202. The third kappa shape index (κ3) is 2.05. The van der Waals surface area contributed by atoms with E-state index in [-0.39, 0.29) is 11.7 Å². The van der Waals surface area contributed by atoms with Crippen LogP contribution in [0.25, 0.3) is 11.3 Å². The lowest BCUT2D eigenvalue weighted by atomic mass is 9.75. The molecule has 1 unspecified atom stereocenters. The molecule has 6 rings (SSSR count). The zero-order chi connectivity index (χ0) is 15.4. The Kier molecular flexibility index (Phi) is 2.87. The molecule has 1 spiro atoms. The highest BCUT2D eigenvalue weighted by molar-refractivity contribution is 7.14. The molecule has 6 heterocycles. The molecular weight excluding hydrogens is 312 g/mol. The lowest BCUT2D eigenvalue weighted by Gasteiger charge is -2.49. The van der Waals surface area contributed by atoms with Gasteiger partial charge in [-0.1, -0.05) is 0 Å². The number of carbonyl (C=O) groups excluding carboxylic acids is 1. The summed E-state index contributed by atoms with van der Waals surface area (Å²) in [5.74, 6) is 1.34. The van der Waals surface area contributed by atoms with Crippen molar-refractivity contribution in [2.24, 2.45) is 5.92 Å². The lowest BCUT2D eigenvalue weighted by molar-refractivity contribution is -0.0881. The lowest BCUT2D eigenvalue weighted by Crippen LogP contribution is -2.61. The molecule has 0 N–H and O–H groups in total. The van der Waals surface area contributed by atoms with Gasteiger partial charge in [-0.05, 0) is 44.1 Å². The molecule has 5 nitrogen and oxygen atoms in total. The number of anilines is 1. The Morgan fingerprint density at radius 2 is 2.13 bits per heavy atom. The van der Waals surface area contributed by atoms with Gasteiger partial charge in [-0.25, -0.2) is 4.79 Å². The van der Waals surface area contributed by atoms with Crippen LogP contribution in [0, 0.1) is 5.92 Å². The van der Waals surface area contributed by atoms with Crippen LogP contribution in [0.1, 0.15) is 12.8 Å². The van der Waals surface area contributed by atoms with Crippen molar-refractivity contribution in [3.63, 3.8) is 0 Å². The Morgan fingerprint density at radius 3 is 2.83 bits per heavy atom. The van der Waals surface area contributed by atoms with Gasteiger partial charge in [0.2, 0.25) is 0 Å². The van der Waals surface area contributed by atoms with Gasteiger partial charge in [0.15, 0.2) is 0 Å². The Labute approximate surface area is 138 Å². The van der Waals surface area contributed by atoms with Gasteiger partial charge < -0.3 is 9.15 Å². The molecule has 2 aromatic rings. The van der Waals surface area contributed by atoms with Crippen molar-refractivity contribution in [1.29, 1.82) is 0 Å². The van der Waals surface area contributed by atoms with Crippen molar-refractivity contribution in [2.75, 3.05) is 31.1 Å². The average Bonchev–Trinajstić information content (AvgIpc) is 3.28. The van der Waals surface area contributed by atoms with E-state index in [2.05, 4.69) is 4.90 Å². The molecule has 1 amide bonds. The maximum absolute atomic E-state index is 12.5. The number of thiophene rings is 1. The fraction of sp³-hybridized carbons (Fsp3) is 0.471. The van der Waals surface area contributed by atoms with Gasteiger partial charge in [-0.3, -0.25) is 9.80 Å². The van der Waals surface area contributed by atoms with E-state index in [1.165, 1.54) is 0 Å². The molecule has 1 atom stereocenters. The topological polar surface area (TPSA) is 45.9 Å². The summed E-state index contributed by atoms with van der Waals surface area (Å²) in [5.41, 5.74) is 0.709. The summed E-state index contributed by atoms with van der Waals surface area (Å²) in [7, 11) is 0. The van der Waals surface area contributed by atoms with Crippen molar-refractivity contribution in [2.45, 2.75) is 18.4 Å². The first-order valence-corrected chi connectivity index (χ1v) is 8.97. The van der Waals surface area contributed by atoms with Crippen molar-refractivity contribution in [1.82, 2.24) is 4.90 Å². The smallest absolute Gasteiger partial charge is 0.415 e. The molecule has 4 aliphatic rings. The number of hydrogen-bond donors (Lipinski definition) is 0. The number of nitrogens with zero attached hydrogens (tertiary/aromatic N) is 2. The minimum Gasteiger partial charge on any atom is -0.464 e. The molecule has 0 radical (unpaired) electrons. The first kappa shape index (κ1) is 13.6. The number of carbonyl (C=O) groups is 1. The molecule has 0 aromatic carbocycles. The number of rotatable bonds is 2. The zero-order valence-corrected chi connectivity index (χ0v) is 13.6. The van der Waals surface area contributed by atoms with Crippen molar-refractivity contribution in [3.8, 4) is 11.3 Å². The predicted octanol–water partition coefficient (Wildman–Crippen LogP) is 3.43. The van der Waals surface area contributed by atoms with E-state index >= 15 is 0 Å². The minimum atomic E-state index is -0.303. The molecule has 0 aliphatic carbocycles. The van der Waals surface area contributed by atoms with Crippen LogP contribution in [0.3, 0.4) is 0 Å². The zero-order valence-electron chi connectivity index (χ0n) is 12.7. The van der Waals surface area contributed by atoms with Gasteiger partial charge in [-0.15, -0.1) is 11.3 Å². The Morgan fingerprint density at radius 1 is 1.26 bits per heavy atom. The molecule has 2 aromatic heterocycles. The first-order valence-electron chi connectivity index (χ1n) is 8.09. The molecule has 0 saturated carbocycles. The maximum Gasteiger partial charge on any atom is 0.415 e. The molecule has 120 valence electrons. The summed E-state index contributed by atoms with van der Waals surface area (Å²) in [6.07, 6.45) is 3.75. The van der Waals surface area contributed by atoms with Crippen LogP contribution in [-0.4, -0.2) is 42.8 Å². The predicted molar refractivity (Wildman–Crippen MR) is 87.7 cm³/mol. The quantitative estimate of drug-likeness (QED) is 0.846. The standard InChI is InChI=1S/C17H18N2O3S/c20-16-19(15-8-12(9-23-15)14-2-1-7-21-14)11-17(22-16)10-18-5-3-13(17)4-6-18/h1-2,7-9,13H,3-6,10-11H2. The summed E-state index contributed by atoms with van der Waals surface area (Å²) in [5, 5.41) is 2.97. The normalized spacial score (nSPS) is 32.7. The van der Waals surface area contributed by atoms with E-state index in [0.717, 1.165) is 48.8 Å². The van der Waals surface area contributed by atoms with Gasteiger partial charge in [0.1, 0.15) is 16.4 Å². The van der Waals surface area contributed by atoms with Crippen molar-refractivity contribution in [3.05, 3.63) is 29.8 Å². The fourth-order valence-electron chi connectivity index (χ4n) is 4.22. The molecule has 2 bridgehead atoms. The van der Waals surface area contributed by atoms with Crippen molar-refractivity contribution < 1.29 is 13.9 Å². The SMILES string of the molecule is O=C1OC2(CN3CCC2CC3)CN1c1cc(-c2ccco2)cs1. The average molecular weight is 330 g/mol. The second kappa shape index (κ2) is 4.85. The summed E-state index contributed by atoms with van der Waals surface area (Å²) in [6, 6.07) is 5.83. The van der Waals surface area contributed by atoms with Gasteiger partial charge in [0.05, 0.1) is 12.8 Å². The number of hydrogen-bond acceptors (Lipinski definition) is 5. The number of amides is 1. The van der Waals surface area contributed by atoms with E-state index in [1.54, 1.807) is 22.5 Å². The number of piperidine rings is 3. The second-order valence-electron chi connectivity index (χ2n) is 6.72. The maximum atomic E-state index is 12.5. The summed E-state index contributed by atoms with van der Waals surface area (Å²) in [6.45, 7) is 3.85. The second-order valence-corrected chi connectivity index (χ2v) is 7.61. The Bertz CT molecular complexity index is 733. The van der Waals surface area contributed by atoms with E-state index < -0.39 is 0 Å². The highest BCUT2D eigenvalue weighted by Gasteiger charge is 2.55. The van der Waals surface area contributed by atoms with Crippen LogP contribution >= 0.6 is 11.3 Å².